The summed E-state index contributed by atoms with van der Waals surface area (Å²) in [5.41, 5.74) is 4.20. The Morgan fingerprint density at radius 2 is 2.22 bits per heavy atom. The van der Waals surface area contributed by atoms with Crippen LogP contribution >= 0.6 is 11.3 Å². The molecule has 1 amide bonds. The third kappa shape index (κ3) is 4.33. The van der Waals surface area contributed by atoms with E-state index in [0.717, 1.165) is 30.4 Å². The van der Waals surface area contributed by atoms with E-state index in [-0.39, 0.29) is 12.5 Å². The number of anilines is 1. The topological polar surface area (TPSA) is 62.1 Å². The first kappa shape index (κ1) is 19.4. The third-order valence-corrected chi connectivity index (χ3v) is 6.28. The van der Waals surface area contributed by atoms with Crippen LogP contribution in [0.3, 0.4) is 0 Å². The molecule has 1 aromatic heterocycles. The van der Waals surface area contributed by atoms with Gasteiger partial charge in [-0.25, -0.2) is 0 Å². The van der Waals surface area contributed by atoms with Crippen molar-refractivity contribution in [2.75, 3.05) is 11.9 Å². The van der Waals surface area contributed by atoms with Gasteiger partial charge in [0.05, 0.1) is 5.56 Å². The second kappa shape index (κ2) is 8.14. The van der Waals surface area contributed by atoms with Crippen LogP contribution < -0.4 is 10.1 Å². The SMILES string of the molecule is Cc1cc(OCC(=O)Nc2sc3c(c2C#N)CCC(C)C3)ccc1C(C)C. The average molecular weight is 383 g/mol. The Labute approximate surface area is 165 Å². The number of aryl methyl sites for hydroxylation is 1. The van der Waals surface area contributed by atoms with Gasteiger partial charge in [-0.2, -0.15) is 5.26 Å². The minimum absolute atomic E-state index is 0.0652. The Hall–Kier alpha value is -2.32. The number of benzene rings is 1. The Kier molecular flexibility index (Phi) is 5.86. The van der Waals surface area contributed by atoms with Gasteiger partial charge in [0.15, 0.2) is 6.61 Å². The molecule has 2 aromatic rings. The molecule has 0 fully saturated rings. The molecule has 1 atom stereocenters. The maximum atomic E-state index is 12.4. The maximum Gasteiger partial charge on any atom is 0.262 e. The smallest absolute Gasteiger partial charge is 0.262 e. The Bertz CT molecular complexity index is 892. The molecule has 0 saturated heterocycles. The molecule has 0 radical (unpaired) electrons. The summed E-state index contributed by atoms with van der Waals surface area (Å²) in [5.74, 6) is 1.54. The van der Waals surface area contributed by atoms with Gasteiger partial charge in [-0.15, -0.1) is 11.3 Å². The fourth-order valence-corrected chi connectivity index (χ4v) is 5.03. The molecular formula is C22H26N2O2S. The minimum atomic E-state index is -0.233. The quantitative estimate of drug-likeness (QED) is 0.774. The lowest BCUT2D eigenvalue weighted by atomic mass is 9.89. The van der Waals surface area contributed by atoms with E-state index in [1.165, 1.54) is 21.8 Å². The van der Waals surface area contributed by atoms with Crippen molar-refractivity contribution in [3.8, 4) is 11.8 Å². The van der Waals surface area contributed by atoms with Crippen LogP contribution in [-0.2, 0) is 17.6 Å². The highest BCUT2D eigenvalue weighted by Crippen LogP contribution is 2.39. The first-order chi connectivity index (χ1) is 12.9. The number of nitrogens with one attached hydrogen (secondary N) is 1. The van der Waals surface area contributed by atoms with Gasteiger partial charge in [0.2, 0.25) is 0 Å². The molecule has 27 heavy (non-hydrogen) atoms. The van der Waals surface area contributed by atoms with Gasteiger partial charge in [0.25, 0.3) is 5.91 Å². The highest BCUT2D eigenvalue weighted by Gasteiger charge is 2.24. The van der Waals surface area contributed by atoms with E-state index >= 15 is 0 Å². The molecule has 142 valence electrons. The van der Waals surface area contributed by atoms with Gasteiger partial charge >= 0.3 is 0 Å². The third-order valence-electron chi connectivity index (χ3n) is 5.11. The van der Waals surface area contributed by atoms with Crippen molar-refractivity contribution in [1.29, 1.82) is 5.26 Å². The number of amides is 1. The number of carbonyl (C=O) groups excluding carboxylic acids is 1. The largest absolute Gasteiger partial charge is 0.484 e. The van der Waals surface area contributed by atoms with Gasteiger partial charge in [0, 0.05) is 4.88 Å². The molecule has 1 aliphatic carbocycles. The summed E-state index contributed by atoms with van der Waals surface area (Å²) in [7, 11) is 0. The molecule has 0 saturated carbocycles. The summed E-state index contributed by atoms with van der Waals surface area (Å²) >= 11 is 1.54. The zero-order valence-electron chi connectivity index (χ0n) is 16.4. The fourth-order valence-electron chi connectivity index (χ4n) is 3.65. The van der Waals surface area contributed by atoms with Crippen LogP contribution in [0.2, 0.25) is 0 Å². The lowest BCUT2D eigenvalue weighted by Gasteiger charge is -2.17. The number of rotatable bonds is 5. The van der Waals surface area contributed by atoms with Crippen molar-refractivity contribution in [1.82, 2.24) is 0 Å². The van der Waals surface area contributed by atoms with Crippen LogP contribution in [0.25, 0.3) is 0 Å². The molecule has 1 aromatic carbocycles. The van der Waals surface area contributed by atoms with Gasteiger partial charge in [-0.3, -0.25) is 4.79 Å². The van der Waals surface area contributed by atoms with E-state index in [2.05, 4.69) is 45.1 Å². The van der Waals surface area contributed by atoms with Crippen molar-refractivity contribution in [2.45, 2.75) is 52.9 Å². The summed E-state index contributed by atoms with van der Waals surface area (Å²) in [4.78, 5) is 13.6. The summed E-state index contributed by atoms with van der Waals surface area (Å²) in [6, 6.07) is 8.20. The highest BCUT2D eigenvalue weighted by molar-refractivity contribution is 7.16. The maximum absolute atomic E-state index is 12.4. The van der Waals surface area contributed by atoms with Gasteiger partial charge < -0.3 is 10.1 Å². The summed E-state index contributed by atoms with van der Waals surface area (Å²) < 4.78 is 5.66. The van der Waals surface area contributed by atoms with Crippen LogP contribution in [0.5, 0.6) is 5.75 Å². The normalized spacial score (nSPS) is 15.9. The number of ether oxygens (including phenoxy) is 1. The predicted octanol–water partition coefficient (Wildman–Crippen LogP) is 5.19. The van der Waals surface area contributed by atoms with Crippen LogP contribution in [-0.4, -0.2) is 12.5 Å². The molecule has 1 aliphatic rings. The van der Waals surface area contributed by atoms with Crippen molar-refractivity contribution < 1.29 is 9.53 Å². The Morgan fingerprint density at radius 1 is 1.44 bits per heavy atom. The van der Waals surface area contributed by atoms with Crippen LogP contribution in [0.1, 0.15) is 60.2 Å². The van der Waals surface area contributed by atoms with E-state index in [1.54, 1.807) is 0 Å². The van der Waals surface area contributed by atoms with Crippen molar-refractivity contribution >= 4 is 22.2 Å². The zero-order chi connectivity index (χ0) is 19.6. The van der Waals surface area contributed by atoms with E-state index < -0.39 is 0 Å². The van der Waals surface area contributed by atoms with Crippen molar-refractivity contribution in [3.63, 3.8) is 0 Å². The lowest BCUT2D eigenvalue weighted by molar-refractivity contribution is -0.118. The molecule has 3 rings (SSSR count). The molecule has 1 unspecified atom stereocenters. The minimum Gasteiger partial charge on any atom is -0.484 e. The predicted molar refractivity (Wildman–Crippen MR) is 110 cm³/mol. The summed E-state index contributed by atoms with van der Waals surface area (Å²) in [6.45, 7) is 8.53. The summed E-state index contributed by atoms with van der Waals surface area (Å²) in [6.07, 6.45) is 3.01. The van der Waals surface area contributed by atoms with E-state index in [9.17, 15) is 10.1 Å². The van der Waals surface area contributed by atoms with E-state index in [4.69, 9.17) is 4.74 Å². The number of thiophene rings is 1. The molecule has 0 bridgehead atoms. The standard InChI is InChI=1S/C22H26N2O2S/c1-13(2)17-8-6-16(10-15(17)4)26-12-21(25)24-22-19(11-23)18-7-5-14(3)9-20(18)27-22/h6,8,10,13-14H,5,7,9,12H2,1-4H3,(H,24,25). The summed E-state index contributed by atoms with van der Waals surface area (Å²) in [5, 5.41) is 13.1. The second-order valence-electron chi connectivity index (χ2n) is 7.68. The lowest BCUT2D eigenvalue weighted by Crippen LogP contribution is -2.20. The second-order valence-corrected chi connectivity index (χ2v) is 8.78. The number of nitrogens with zero attached hydrogens (tertiary/aromatic N) is 1. The van der Waals surface area contributed by atoms with Gasteiger partial charge in [0.1, 0.15) is 16.8 Å². The molecule has 5 heteroatoms. The average Bonchev–Trinajstić information content (AvgIpc) is 2.95. The van der Waals surface area contributed by atoms with Crippen LogP contribution in [0.15, 0.2) is 18.2 Å². The number of nitriles is 1. The number of fused-ring (bicyclic) bond motifs is 1. The molecule has 0 aliphatic heterocycles. The van der Waals surface area contributed by atoms with Crippen LogP contribution in [0.4, 0.5) is 5.00 Å². The molecular weight excluding hydrogens is 356 g/mol. The highest BCUT2D eigenvalue weighted by atomic mass is 32.1. The van der Waals surface area contributed by atoms with Gasteiger partial charge in [-0.05, 0) is 66.8 Å². The molecule has 4 nitrogen and oxygen atoms in total. The monoisotopic (exact) mass is 382 g/mol. The fraction of sp³-hybridized carbons (Fsp3) is 0.455. The molecule has 1 heterocycles. The van der Waals surface area contributed by atoms with Crippen LogP contribution in [0, 0.1) is 24.2 Å². The van der Waals surface area contributed by atoms with Gasteiger partial charge in [-0.1, -0.05) is 26.8 Å². The molecule has 0 spiro atoms. The first-order valence-corrected chi connectivity index (χ1v) is 10.3. The number of hydrogen-bond donors (Lipinski definition) is 1. The van der Waals surface area contributed by atoms with E-state index in [1.807, 2.05) is 12.1 Å². The molecule has 1 N–H and O–H groups in total. The van der Waals surface area contributed by atoms with Crippen molar-refractivity contribution in [2.24, 2.45) is 5.92 Å². The number of carbonyl (C=O) groups is 1. The number of hydrogen-bond acceptors (Lipinski definition) is 4. The van der Waals surface area contributed by atoms with Crippen molar-refractivity contribution in [3.05, 3.63) is 45.3 Å². The first-order valence-electron chi connectivity index (χ1n) is 9.46. The Morgan fingerprint density at radius 3 is 2.89 bits per heavy atom. The Balaban J connectivity index is 1.65. The zero-order valence-corrected chi connectivity index (χ0v) is 17.2. The van der Waals surface area contributed by atoms with E-state index in [0.29, 0.717) is 28.1 Å².